The zero-order valence-corrected chi connectivity index (χ0v) is 14.0. The van der Waals surface area contributed by atoms with Crippen molar-refractivity contribution in [1.82, 2.24) is 19.7 Å². The van der Waals surface area contributed by atoms with E-state index in [0.717, 1.165) is 22.2 Å². The van der Waals surface area contributed by atoms with Crippen LogP contribution in [0, 0.1) is 13.8 Å². The van der Waals surface area contributed by atoms with Crippen molar-refractivity contribution in [3.63, 3.8) is 0 Å². The van der Waals surface area contributed by atoms with Crippen molar-refractivity contribution in [2.75, 3.05) is 12.3 Å². The van der Waals surface area contributed by atoms with Crippen LogP contribution in [0.1, 0.15) is 24.2 Å². The molecule has 2 aromatic rings. The molecule has 0 unspecified atom stereocenters. The lowest BCUT2D eigenvalue weighted by Gasteiger charge is -2.14. The maximum atomic E-state index is 11.6. The van der Waals surface area contributed by atoms with Crippen LogP contribution in [0.4, 0.5) is 0 Å². The van der Waals surface area contributed by atoms with Crippen LogP contribution in [0.2, 0.25) is 0 Å². The molecule has 0 saturated carbocycles. The van der Waals surface area contributed by atoms with Crippen LogP contribution in [0.25, 0.3) is 5.69 Å². The third-order valence-electron chi connectivity index (χ3n) is 3.85. The summed E-state index contributed by atoms with van der Waals surface area (Å²) >= 11 is 1.51. The van der Waals surface area contributed by atoms with Crippen LogP contribution in [-0.4, -0.2) is 43.8 Å². The molecule has 1 aromatic carbocycles. The number of benzene rings is 1. The smallest absolute Gasteiger partial charge is 0.229 e. The molecule has 1 aromatic heterocycles. The molecule has 7 heteroatoms. The molecular weight excluding hydrogens is 312 g/mol. The Kier molecular flexibility index (Phi) is 4.47. The van der Waals surface area contributed by atoms with E-state index in [-0.39, 0.29) is 11.8 Å². The van der Waals surface area contributed by atoms with Gasteiger partial charge in [0.25, 0.3) is 0 Å². The highest BCUT2D eigenvalue weighted by Crippen LogP contribution is 2.24. The lowest BCUT2D eigenvalue weighted by molar-refractivity contribution is -0.137. The molecule has 2 heterocycles. The number of para-hydroxylation sites is 1. The van der Waals surface area contributed by atoms with Crippen molar-refractivity contribution in [2.24, 2.45) is 0 Å². The fraction of sp³-hybridized carbons (Fsp3) is 0.375. The minimum Gasteiger partial charge on any atom is -0.282 e. The van der Waals surface area contributed by atoms with E-state index in [1.807, 2.05) is 42.7 Å². The van der Waals surface area contributed by atoms with Gasteiger partial charge in [0.05, 0.1) is 5.69 Å². The number of aryl methyl sites for hydroxylation is 2. The van der Waals surface area contributed by atoms with Gasteiger partial charge in [-0.1, -0.05) is 30.0 Å². The van der Waals surface area contributed by atoms with E-state index in [2.05, 4.69) is 10.2 Å². The van der Waals surface area contributed by atoms with Gasteiger partial charge in [0.15, 0.2) is 5.16 Å². The quantitative estimate of drug-likeness (QED) is 0.620. The first-order chi connectivity index (χ1) is 11.1. The van der Waals surface area contributed by atoms with Crippen LogP contribution < -0.4 is 0 Å². The third kappa shape index (κ3) is 3.14. The highest BCUT2D eigenvalue weighted by Gasteiger charge is 2.28. The summed E-state index contributed by atoms with van der Waals surface area (Å²) in [4.78, 5) is 24.6. The number of aromatic nitrogens is 3. The predicted molar refractivity (Wildman–Crippen MR) is 87.5 cm³/mol. The number of hydrogen-bond acceptors (Lipinski definition) is 5. The number of carbonyl (C=O) groups excluding carboxylic acids is 2. The number of nitrogens with zero attached hydrogens (tertiary/aromatic N) is 4. The second kappa shape index (κ2) is 6.54. The van der Waals surface area contributed by atoms with Gasteiger partial charge < -0.3 is 0 Å². The first-order valence-corrected chi connectivity index (χ1v) is 8.50. The fourth-order valence-electron chi connectivity index (χ4n) is 2.63. The maximum absolute atomic E-state index is 11.6. The van der Waals surface area contributed by atoms with Gasteiger partial charge in [0.1, 0.15) is 5.82 Å². The molecule has 0 radical (unpaired) electrons. The molecule has 1 fully saturated rings. The largest absolute Gasteiger partial charge is 0.282 e. The molecule has 1 saturated heterocycles. The summed E-state index contributed by atoms with van der Waals surface area (Å²) in [6.07, 6.45) is 0.671. The summed E-state index contributed by atoms with van der Waals surface area (Å²) in [7, 11) is 0. The number of imide groups is 1. The average molecular weight is 330 g/mol. The zero-order valence-electron chi connectivity index (χ0n) is 13.2. The van der Waals surface area contributed by atoms with Gasteiger partial charge >= 0.3 is 0 Å². The first-order valence-electron chi connectivity index (χ1n) is 7.52. The van der Waals surface area contributed by atoms with Crippen molar-refractivity contribution in [1.29, 1.82) is 0 Å². The molecule has 0 atom stereocenters. The van der Waals surface area contributed by atoms with E-state index in [4.69, 9.17) is 0 Å². The second-order valence-corrected chi connectivity index (χ2v) is 6.50. The molecule has 0 spiro atoms. The minimum absolute atomic E-state index is 0.0767. The minimum atomic E-state index is -0.0767. The summed E-state index contributed by atoms with van der Waals surface area (Å²) in [5, 5.41) is 9.16. The van der Waals surface area contributed by atoms with Crippen molar-refractivity contribution in [2.45, 2.75) is 31.8 Å². The zero-order chi connectivity index (χ0) is 16.4. The van der Waals surface area contributed by atoms with Crippen molar-refractivity contribution in [3.8, 4) is 5.69 Å². The van der Waals surface area contributed by atoms with Gasteiger partial charge in [-0.2, -0.15) is 0 Å². The van der Waals surface area contributed by atoms with E-state index >= 15 is 0 Å². The molecule has 0 N–H and O–H groups in total. The number of thioether (sulfide) groups is 1. The van der Waals surface area contributed by atoms with E-state index in [0.29, 0.717) is 25.1 Å². The Morgan fingerprint density at radius 2 is 1.78 bits per heavy atom. The van der Waals surface area contributed by atoms with Crippen LogP contribution >= 0.6 is 11.8 Å². The topological polar surface area (TPSA) is 68.1 Å². The van der Waals surface area contributed by atoms with Gasteiger partial charge in [-0.15, -0.1) is 10.2 Å². The van der Waals surface area contributed by atoms with Crippen molar-refractivity contribution in [3.05, 3.63) is 35.7 Å². The molecule has 2 amide bonds. The molecule has 6 nitrogen and oxygen atoms in total. The van der Waals surface area contributed by atoms with Crippen LogP contribution in [0.3, 0.4) is 0 Å². The normalized spacial score (nSPS) is 14.8. The van der Waals surface area contributed by atoms with E-state index < -0.39 is 0 Å². The van der Waals surface area contributed by atoms with Gasteiger partial charge in [-0.3, -0.25) is 19.1 Å². The van der Waals surface area contributed by atoms with Gasteiger partial charge in [-0.25, -0.2) is 0 Å². The van der Waals surface area contributed by atoms with Crippen LogP contribution in [-0.2, 0) is 9.59 Å². The Morgan fingerprint density at radius 1 is 1.09 bits per heavy atom. The van der Waals surface area contributed by atoms with Crippen LogP contribution in [0.5, 0.6) is 0 Å². The third-order valence-corrected chi connectivity index (χ3v) is 4.76. The van der Waals surface area contributed by atoms with Gasteiger partial charge in [-0.05, 0) is 25.5 Å². The Hall–Kier alpha value is -2.15. The van der Waals surface area contributed by atoms with Crippen molar-refractivity contribution >= 4 is 23.6 Å². The van der Waals surface area contributed by atoms with Gasteiger partial charge in [0.2, 0.25) is 11.8 Å². The molecule has 0 aliphatic carbocycles. The Morgan fingerprint density at radius 3 is 2.48 bits per heavy atom. The highest BCUT2D eigenvalue weighted by molar-refractivity contribution is 7.99. The molecular formula is C16H18N4O2S. The molecule has 23 heavy (non-hydrogen) atoms. The van der Waals surface area contributed by atoms with Gasteiger partial charge in [0, 0.05) is 25.1 Å². The summed E-state index contributed by atoms with van der Waals surface area (Å²) < 4.78 is 2.01. The monoisotopic (exact) mass is 330 g/mol. The highest BCUT2D eigenvalue weighted by atomic mass is 32.2. The van der Waals surface area contributed by atoms with E-state index in [1.165, 1.54) is 16.7 Å². The van der Waals surface area contributed by atoms with E-state index in [9.17, 15) is 9.59 Å². The summed E-state index contributed by atoms with van der Waals surface area (Å²) in [5.41, 5.74) is 2.19. The SMILES string of the molecule is Cc1ccccc1-n1c(C)nnc1SCCN1C(=O)CCC1=O. The van der Waals surface area contributed by atoms with Crippen LogP contribution in [0.15, 0.2) is 29.4 Å². The fourth-order valence-corrected chi connectivity index (χ4v) is 3.54. The summed E-state index contributed by atoms with van der Waals surface area (Å²) in [6.45, 7) is 4.38. The summed E-state index contributed by atoms with van der Waals surface area (Å²) in [6, 6.07) is 8.06. The number of rotatable bonds is 5. The van der Waals surface area contributed by atoms with E-state index in [1.54, 1.807) is 0 Å². The predicted octanol–water partition coefficient (Wildman–Crippen LogP) is 2.13. The second-order valence-electron chi connectivity index (χ2n) is 5.44. The maximum Gasteiger partial charge on any atom is 0.229 e. The Bertz CT molecular complexity index is 740. The molecule has 120 valence electrons. The average Bonchev–Trinajstić information content (AvgIpc) is 3.05. The lowest BCUT2D eigenvalue weighted by Crippen LogP contribution is -2.31. The molecule has 1 aliphatic heterocycles. The molecule has 1 aliphatic rings. The number of carbonyl (C=O) groups is 2. The Labute approximate surface area is 138 Å². The number of amides is 2. The standard InChI is InChI=1S/C16H18N4O2S/c1-11-5-3-4-6-13(11)20-12(2)17-18-16(20)23-10-9-19-14(21)7-8-15(19)22/h3-6H,7-10H2,1-2H3. The molecule has 3 rings (SSSR count). The lowest BCUT2D eigenvalue weighted by atomic mass is 10.2. The van der Waals surface area contributed by atoms with Crippen molar-refractivity contribution < 1.29 is 9.59 Å². The molecule has 0 bridgehead atoms. The Balaban J connectivity index is 1.74. The first kappa shape index (κ1) is 15.7. The summed E-state index contributed by atoms with van der Waals surface area (Å²) in [5.74, 6) is 1.27. The number of likely N-dealkylation sites (tertiary alicyclic amines) is 1. The number of hydrogen-bond donors (Lipinski definition) is 0.